The van der Waals surface area contributed by atoms with E-state index in [-0.39, 0.29) is 12.1 Å². The largest absolute Gasteiger partial charge is 0.493 e. The number of methoxy groups -OCH3 is 1. The predicted molar refractivity (Wildman–Crippen MR) is 122 cm³/mol. The van der Waals surface area contributed by atoms with Gasteiger partial charge in [0.1, 0.15) is 5.75 Å². The summed E-state index contributed by atoms with van der Waals surface area (Å²) in [6, 6.07) is 10.7. The van der Waals surface area contributed by atoms with Gasteiger partial charge in [-0.3, -0.25) is 4.90 Å². The van der Waals surface area contributed by atoms with Crippen molar-refractivity contribution < 1.29 is 14.2 Å². The van der Waals surface area contributed by atoms with E-state index in [0.29, 0.717) is 0 Å². The zero-order valence-electron chi connectivity index (χ0n) is 18.8. The van der Waals surface area contributed by atoms with Gasteiger partial charge in [0.15, 0.2) is 11.6 Å². The normalized spacial score (nSPS) is 20.1. The molecule has 0 amide bonds. The van der Waals surface area contributed by atoms with Crippen molar-refractivity contribution in [3.05, 3.63) is 47.7 Å². The van der Waals surface area contributed by atoms with Gasteiger partial charge in [0.2, 0.25) is 0 Å². The molecule has 4 rings (SSSR count). The molecule has 7 nitrogen and oxygen atoms in total. The maximum absolute atomic E-state index is 6.07. The first kappa shape index (κ1) is 21.9. The van der Waals surface area contributed by atoms with Gasteiger partial charge in [-0.1, -0.05) is 18.2 Å². The van der Waals surface area contributed by atoms with Crippen LogP contribution < -0.4 is 19.7 Å². The molecule has 168 valence electrons. The summed E-state index contributed by atoms with van der Waals surface area (Å²) in [5, 5.41) is 3.67. The van der Waals surface area contributed by atoms with Crippen molar-refractivity contribution in [1.82, 2.24) is 15.2 Å². The van der Waals surface area contributed by atoms with Crippen LogP contribution in [-0.4, -0.2) is 69.0 Å². The van der Waals surface area contributed by atoms with Crippen molar-refractivity contribution in [3.8, 4) is 11.5 Å². The van der Waals surface area contributed by atoms with Crippen LogP contribution in [-0.2, 0) is 11.3 Å². The molecule has 7 heteroatoms. The fraction of sp³-hybridized carbons (Fsp3) is 0.542. The van der Waals surface area contributed by atoms with Gasteiger partial charge in [0.05, 0.1) is 26.4 Å². The zero-order valence-corrected chi connectivity index (χ0v) is 18.8. The molecule has 1 atom stereocenters. The van der Waals surface area contributed by atoms with E-state index < -0.39 is 0 Å². The van der Waals surface area contributed by atoms with Gasteiger partial charge in [-0.05, 0) is 26.0 Å². The third-order valence-electron chi connectivity index (χ3n) is 5.79. The highest BCUT2D eigenvalue weighted by Crippen LogP contribution is 2.33. The number of nitrogens with zero attached hydrogens (tertiary/aromatic N) is 3. The Hall–Kier alpha value is -2.35. The van der Waals surface area contributed by atoms with Crippen molar-refractivity contribution in [2.75, 3.05) is 57.9 Å². The molecule has 0 radical (unpaired) electrons. The number of anilines is 1. The van der Waals surface area contributed by atoms with E-state index in [9.17, 15) is 0 Å². The molecule has 2 aliphatic heterocycles. The molecule has 3 heterocycles. The number of nitrogens with one attached hydrogen (secondary N) is 1. The summed E-state index contributed by atoms with van der Waals surface area (Å²) < 4.78 is 17.4. The molecule has 2 fully saturated rings. The van der Waals surface area contributed by atoms with Gasteiger partial charge in [-0.15, -0.1) is 0 Å². The second-order valence-corrected chi connectivity index (χ2v) is 8.37. The average Bonchev–Trinajstić information content (AvgIpc) is 2.80. The lowest BCUT2D eigenvalue weighted by Gasteiger charge is -2.35. The fourth-order valence-electron chi connectivity index (χ4n) is 4.36. The monoisotopic (exact) mass is 426 g/mol. The molecule has 1 aromatic carbocycles. The van der Waals surface area contributed by atoms with Gasteiger partial charge in [0.25, 0.3) is 0 Å². The Kier molecular flexibility index (Phi) is 7.27. The standard InChI is InChI=1S/C24H34N4O3/c1-18(2)31-22-7-5-4-6-20(22)21-17-27(11-10-25-21)16-19-8-9-26-24(23(19)29-3)28-12-14-30-15-13-28/h4-9,18,21,25H,10-17H2,1-3H3/t21-/m1/s1. The topological polar surface area (TPSA) is 59.1 Å². The number of rotatable bonds is 7. The minimum Gasteiger partial charge on any atom is -0.493 e. The van der Waals surface area contributed by atoms with Crippen molar-refractivity contribution in [3.63, 3.8) is 0 Å². The van der Waals surface area contributed by atoms with Crippen LogP contribution in [0.1, 0.15) is 31.0 Å². The van der Waals surface area contributed by atoms with Crippen LogP contribution >= 0.6 is 0 Å². The van der Waals surface area contributed by atoms with E-state index in [4.69, 9.17) is 14.2 Å². The second kappa shape index (κ2) is 10.3. The molecule has 2 saturated heterocycles. The summed E-state index contributed by atoms with van der Waals surface area (Å²) in [7, 11) is 1.74. The summed E-state index contributed by atoms with van der Waals surface area (Å²) >= 11 is 0. The van der Waals surface area contributed by atoms with E-state index in [2.05, 4.69) is 58.2 Å². The van der Waals surface area contributed by atoms with Crippen molar-refractivity contribution >= 4 is 5.82 Å². The van der Waals surface area contributed by atoms with Gasteiger partial charge < -0.3 is 24.4 Å². The number of hydrogen-bond acceptors (Lipinski definition) is 7. The Morgan fingerprint density at radius 2 is 1.97 bits per heavy atom. The Morgan fingerprint density at radius 1 is 1.16 bits per heavy atom. The number of hydrogen-bond donors (Lipinski definition) is 1. The zero-order chi connectivity index (χ0) is 21.6. The van der Waals surface area contributed by atoms with E-state index in [1.165, 1.54) is 11.1 Å². The lowest BCUT2D eigenvalue weighted by atomic mass is 10.0. The molecule has 0 unspecified atom stereocenters. The fourth-order valence-corrected chi connectivity index (χ4v) is 4.36. The first-order chi connectivity index (χ1) is 15.2. The highest BCUT2D eigenvalue weighted by atomic mass is 16.5. The molecular formula is C24H34N4O3. The maximum Gasteiger partial charge on any atom is 0.171 e. The molecule has 2 aromatic rings. The van der Waals surface area contributed by atoms with Crippen molar-refractivity contribution in [2.24, 2.45) is 0 Å². The number of benzene rings is 1. The lowest BCUT2D eigenvalue weighted by Crippen LogP contribution is -2.45. The number of morpholine rings is 1. The van der Waals surface area contributed by atoms with E-state index in [0.717, 1.165) is 69.8 Å². The molecule has 31 heavy (non-hydrogen) atoms. The first-order valence-corrected chi connectivity index (χ1v) is 11.2. The number of aromatic nitrogens is 1. The van der Waals surface area contributed by atoms with E-state index >= 15 is 0 Å². The summed E-state index contributed by atoms with van der Waals surface area (Å²) in [6.45, 7) is 10.9. The summed E-state index contributed by atoms with van der Waals surface area (Å²) in [6.07, 6.45) is 2.05. The second-order valence-electron chi connectivity index (χ2n) is 8.37. The number of ether oxygens (including phenoxy) is 3. The van der Waals surface area contributed by atoms with Gasteiger partial charge in [-0.2, -0.15) is 0 Å². The number of piperazine rings is 1. The third-order valence-corrected chi connectivity index (χ3v) is 5.79. The van der Waals surface area contributed by atoms with Crippen LogP contribution in [0.25, 0.3) is 0 Å². The van der Waals surface area contributed by atoms with Crippen LogP contribution in [0.4, 0.5) is 5.82 Å². The average molecular weight is 427 g/mol. The minimum absolute atomic E-state index is 0.153. The first-order valence-electron chi connectivity index (χ1n) is 11.2. The predicted octanol–water partition coefficient (Wildman–Crippen LogP) is 2.86. The molecule has 1 aromatic heterocycles. The Balaban J connectivity index is 1.50. The van der Waals surface area contributed by atoms with Crippen molar-refractivity contribution in [1.29, 1.82) is 0 Å². The molecular weight excluding hydrogens is 392 g/mol. The van der Waals surface area contributed by atoms with Gasteiger partial charge in [0, 0.05) is 62.6 Å². The highest BCUT2D eigenvalue weighted by Gasteiger charge is 2.26. The van der Waals surface area contributed by atoms with Crippen LogP contribution in [0, 0.1) is 0 Å². The quantitative estimate of drug-likeness (QED) is 0.731. The number of pyridine rings is 1. The smallest absolute Gasteiger partial charge is 0.171 e. The maximum atomic E-state index is 6.07. The molecule has 0 aliphatic carbocycles. The molecule has 0 spiro atoms. The summed E-state index contributed by atoms with van der Waals surface area (Å²) in [5.41, 5.74) is 2.39. The van der Waals surface area contributed by atoms with Crippen LogP contribution in [0.15, 0.2) is 36.5 Å². The Bertz CT molecular complexity index is 854. The molecule has 0 saturated carbocycles. The van der Waals surface area contributed by atoms with E-state index in [1.54, 1.807) is 7.11 Å². The minimum atomic E-state index is 0.153. The van der Waals surface area contributed by atoms with Gasteiger partial charge >= 0.3 is 0 Å². The lowest BCUT2D eigenvalue weighted by molar-refractivity contribution is 0.122. The van der Waals surface area contributed by atoms with Crippen LogP contribution in [0.3, 0.4) is 0 Å². The van der Waals surface area contributed by atoms with E-state index in [1.807, 2.05) is 12.3 Å². The van der Waals surface area contributed by atoms with Crippen molar-refractivity contribution in [2.45, 2.75) is 32.5 Å². The van der Waals surface area contributed by atoms with Crippen LogP contribution in [0.5, 0.6) is 11.5 Å². The molecule has 0 bridgehead atoms. The van der Waals surface area contributed by atoms with Gasteiger partial charge in [-0.25, -0.2) is 4.98 Å². The van der Waals surface area contributed by atoms with Crippen LogP contribution in [0.2, 0.25) is 0 Å². The Labute approximate surface area is 185 Å². The molecule has 1 N–H and O–H groups in total. The summed E-state index contributed by atoms with van der Waals surface area (Å²) in [5.74, 6) is 2.77. The Morgan fingerprint density at radius 3 is 2.74 bits per heavy atom. The summed E-state index contributed by atoms with van der Waals surface area (Å²) in [4.78, 5) is 9.36. The number of para-hydroxylation sites is 1. The highest BCUT2D eigenvalue weighted by molar-refractivity contribution is 5.56. The SMILES string of the molecule is COc1c(CN2CCN[C@@H](c3ccccc3OC(C)C)C2)ccnc1N1CCOCC1. The third kappa shape index (κ3) is 5.29. The molecule has 2 aliphatic rings.